The average molecular weight is 386 g/mol. The van der Waals surface area contributed by atoms with Gasteiger partial charge in [-0.3, -0.25) is 19.1 Å². The molecule has 3 aromatic heterocycles. The maximum atomic E-state index is 12.6. The van der Waals surface area contributed by atoms with Crippen LogP contribution in [0.3, 0.4) is 0 Å². The normalized spacial score (nSPS) is 10.8. The standard InChI is InChI=1S/C22H22N6O/c1-16-14-19(18-8-10-23-11-9-18)26-28(16)13-12-24-22(29)21-15-20(25-27(21)2)17-6-4-3-5-7-17/h3-11,14-15H,12-13H2,1-2H3,(H,24,29). The van der Waals surface area contributed by atoms with Crippen LogP contribution in [0.4, 0.5) is 0 Å². The first-order valence-corrected chi connectivity index (χ1v) is 9.44. The van der Waals surface area contributed by atoms with Gasteiger partial charge < -0.3 is 5.32 Å². The molecule has 29 heavy (non-hydrogen) atoms. The lowest BCUT2D eigenvalue weighted by Gasteiger charge is -2.07. The predicted octanol–water partition coefficient (Wildman–Crippen LogP) is 3.08. The number of hydrogen-bond acceptors (Lipinski definition) is 4. The number of carbonyl (C=O) groups excluding carboxylic acids is 1. The number of aryl methyl sites for hydroxylation is 2. The Bertz CT molecular complexity index is 1110. The van der Waals surface area contributed by atoms with E-state index in [0.717, 1.165) is 28.2 Å². The van der Waals surface area contributed by atoms with Gasteiger partial charge in [0, 0.05) is 42.8 Å². The Morgan fingerprint density at radius 2 is 1.66 bits per heavy atom. The zero-order chi connectivity index (χ0) is 20.2. The second-order valence-corrected chi connectivity index (χ2v) is 6.79. The van der Waals surface area contributed by atoms with Crippen molar-refractivity contribution in [3.8, 4) is 22.5 Å². The van der Waals surface area contributed by atoms with Crippen molar-refractivity contribution >= 4 is 5.91 Å². The number of hydrogen-bond donors (Lipinski definition) is 1. The Balaban J connectivity index is 1.40. The summed E-state index contributed by atoms with van der Waals surface area (Å²) in [6, 6.07) is 17.5. The highest BCUT2D eigenvalue weighted by Crippen LogP contribution is 2.19. The molecule has 0 aliphatic carbocycles. The van der Waals surface area contributed by atoms with E-state index in [4.69, 9.17) is 0 Å². The van der Waals surface area contributed by atoms with Crippen LogP contribution in [-0.4, -0.2) is 37.0 Å². The van der Waals surface area contributed by atoms with Crippen LogP contribution in [-0.2, 0) is 13.6 Å². The van der Waals surface area contributed by atoms with Gasteiger partial charge in [0.05, 0.1) is 17.9 Å². The van der Waals surface area contributed by atoms with E-state index >= 15 is 0 Å². The number of amides is 1. The van der Waals surface area contributed by atoms with Gasteiger partial charge in [-0.15, -0.1) is 0 Å². The lowest BCUT2D eigenvalue weighted by Crippen LogP contribution is -2.29. The van der Waals surface area contributed by atoms with Crippen molar-refractivity contribution in [1.29, 1.82) is 0 Å². The first-order valence-electron chi connectivity index (χ1n) is 9.44. The molecular formula is C22H22N6O. The van der Waals surface area contributed by atoms with Crippen LogP contribution >= 0.6 is 0 Å². The van der Waals surface area contributed by atoms with Gasteiger partial charge in [-0.2, -0.15) is 10.2 Å². The molecule has 0 saturated heterocycles. The van der Waals surface area contributed by atoms with Crippen molar-refractivity contribution < 1.29 is 4.79 Å². The van der Waals surface area contributed by atoms with E-state index in [1.165, 1.54) is 0 Å². The highest BCUT2D eigenvalue weighted by molar-refractivity contribution is 5.93. The zero-order valence-electron chi connectivity index (χ0n) is 16.4. The number of nitrogens with zero attached hydrogens (tertiary/aromatic N) is 5. The molecule has 0 spiro atoms. The lowest BCUT2D eigenvalue weighted by atomic mass is 10.1. The van der Waals surface area contributed by atoms with Crippen LogP contribution in [0.2, 0.25) is 0 Å². The van der Waals surface area contributed by atoms with Crippen molar-refractivity contribution in [2.24, 2.45) is 7.05 Å². The van der Waals surface area contributed by atoms with E-state index in [1.54, 1.807) is 24.1 Å². The Kier molecular flexibility index (Phi) is 5.20. The molecule has 0 fully saturated rings. The summed E-state index contributed by atoms with van der Waals surface area (Å²) in [5, 5.41) is 12.0. The van der Waals surface area contributed by atoms with Crippen molar-refractivity contribution in [1.82, 2.24) is 29.9 Å². The molecule has 0 saturated carbocycles. The number of rotatable bonds is 6. The summed E-state index contributed by atoms with van der Waals surface area (Å²) in [5.74, 6) is -0.152. The SMILES string of the molecule is Cc1cc(-c2ccncc2)nn1CCNC(=O)c1cc(-c2ccccc2)nn1C. The molecule has 1 amide bonds. The van der Waals surface area contributed by atoms with Gasteiger partial charge in [0.2, 0.25) is 0 Å². The Morgan fingerprint density at radius 3 is 2.41 bits per heavy atom. The fraction of sp³-hybridized carbons (Fsp3) is 0.182. The molecule has 0 radical (unpaired) electrons. The summed E-state index contributed by atoms with van der Waals surface area (Å²) < 4.78 is 3.51. The lowest BCUT2D eigenvalue weighted by molar-refractivity contribution is 0.0942. The third kappa shape index (κ3) is 4.08. The maximum absolute atomic E-state index is 12.6. The Labute approximate surface area is 169 Å². The van der Waals surface area contributed by atoms with E-state index in [1.807, 2.05) is 66.2 Å². The summed E-state index contributed by atoms with van der Waals surface area (Å²) >= 11 is 0. The van der Waals surface area contributed by atoms with Gasteiger partial charge in [-0.05, 0) is 31.2 Å². The van der Waals surface area contributed by atoms with Crippen molar-refractivity contribution in [3.05, 3.63) is 78.4 Å². The van der Waals surface area contributed by atoms with E-state index in [-0.39, 0.29) is 5.91 Å². The van der Waals surface area contributed by atoms with Crippen molar-refractivity contribution in [2.75, 3.05) is 6.54 Å². The van der Waals surface area contributed by atoms with Gasteiger partial charge >= 0.3 is 0 Å². The minimum Gasteiger partial charge on any atom is -0.349 e. The predicted molar refractivity (Wildman–Crippen MR) is 111 cm³/mol. The molecule has 3 heterocycles. The summed E-state index contributed by atoms with van der Waals surface area (Å²) in [6.45, 7) is 3.07. The zero-order valence-corrected chi connectivity index (χ0v) is 16.4. The van der Waals surface area contributed by atoms with E-state index in [0.29, 0.717) is 18.8 Å². The number of pyridine rings is 1. The highest BCUT2D eigenvalue weighted by Gasteiger charge is 2.14. The fourth-order valence-electron chi connectivity index (χ4n) is 3.20. The molecule has 0 unspecified atom stereocenters. The molecule has 0 aliphatic rings. The summed E-state index contributed by atoms with van der Waals surface area (Å²) in [6.07, 6.45) is 3.50. The molecule has 4 rings (SSSR count). The van der Waals surface area contributed by atoms with Gasteiger partial charge in [0.1, 0.15) is 5.69 Å². The smallest absolute Gasteiger partial charge is 0.269 e. The van der Waals surface area contributed by atoms with Gasteiger partial charge in [0.15, 0.2) is 0 Å². The quantitative estimate of drug-likeness (QED) is 0.552. The maximum Gasteiger partial charge on any atom is 0.269 e. The van der Waals surface area contributed by atoms with Crippen LogP contribution in [0.1, 0.15) is 16.2 Å². The summed E-state index contributed by atoms with van der Waals surface area (Å²) in [7, 11) is 1.78. The Hall–Kier alpha value is -3.74. The van der Waals surface area contributed by atoms with Crippen molar-refractivity contribution in [3.63, 3.8) is 0 Å². The van der Waals surface area contributed by atoms with Gasteiger partial charge in [-0.1, -0.05) is 30.3 Å². The molecule has 0 bridgehead atoms. The molecule has 0 aliphatic heterocycles. The number of nitrogens with one attached hydrogen (secondary N) is 1. The Morgan fingerprint density at radius 1 is 0.966 bits per heavy atom. The first-order chi connectivity index (χ1) is 14.1. The topological polar surface area (TPSA) is 77.6 Å². The van der Waals surface area contributed by atoms with Crippen molar-refractivity contribution in [2.45, 2.75) is 13.5 Å². The molecule has 7 nitrogen and oxygen atoms in total. The van der Waals surface area contributed by atoms with Crippen LogP contribution in [0.5, 0.6) is 0 Å². The largest absolute Gasteiger partial charge is 0.349 e. The summed E-state index contributed by atoms with van der Waals surface area (Å²) in [4.78, 5) is 16.6. The molecule has 0 atom stereocenters. The van der Waals surface area contributed by atoms with Crippen LogP contribution < -0.4 is 5.32 Å². The van der Waals surface area contributed by atoms with E-state index in [9.17, 15) is 4.79 Å². The third-order valence-corrected chi connectivity index (χ3v) is 4.75. The second kappa shape index (κ2) is 8.10. The fourth-order valence-corrected chi connectivity index (χ4v) is 3.20. The van der Waals surface area contributed by atoms with Gasteiger partial charge in [-0.25, -0.2) is 0 Å². The molecule has 1 aromatic carbocycles. The van der Waals surface area contributed by atoms with Crippen LogP contribution in [0, 0.1) is 6.92 Å². The number of aromatic nitrogens is 5. The molecule has 4 aromatic rings. The molecule has 7 heteroatoms. The minimum absolute atomic E-state index is 0.152. The van der Waals surface area contributed by atoms with Crippen LogP contribution in [0.25, 0.3) is 22.5 Å². The van der Waals surface area contributed by atoms with E-state index in [2.05, 4.69) is 20.5 Å². The molecule has 146 valence electrons. The minimum atomic E-state index is -0.152. The molecule has 1 N–H and O–H groups in total. The monoisotopic (exact) mass is 386 g/mol. The van der Waals surface area contributed by atoms with E-state index < -0.39 is 0 Å². The first kappa shape index (κ1) is 18.6. The highest BCUT2D eigenvalue weighted by atomic mass is 16.2. The van der Waals surface area contributed by atoms with Crippen LogP contribution in [0.15, 0.2) is 67.0 Å². The average Bonchev–Trinajstić information content (AvgIpc) is 3.32. The second-order valence-electron chi connectivity index (χ2n) is 6.79. The van der Waals surface area contributed by atoms with Gasteiger partial charge in [0.25, 0.3) is 5.91 Å². The number of carbonyl (C=O) groups is 1. The third-order valence-electron chi connectivity index (χ3n) is 4.75. The number of benzene rings is 1. The molecular weight excluding hydrogens is 364 g/mol. The summed E-state index contributed by atoms with van der Waals surface area (Å²) in [5.41, 5.74) is 5.25.